The molecule has 0 bridgehead atoms. The highest BCUT2D eigenvalue weighted by Crippen LogP contribution is 2.22. The van der Waals surface area contributed by atoms with E-state index in [2.05, 4.69) is 39.9 Å². The van der Waals surface area contributed by atoms with Crippen molar-refractivity contribution in [2.24, 2.45) is 5.92 Å². The molecule has 0 aliphatic carbocycles. The minimum absolute atomic E-state index is 0.0242. The van der Waals surface area contributed by atoms with Gasteiger partial charge < -0.3 is 5.32 Å². The third kappa shape index (κ3) is 4.52. The first-order valence-electron chi connectivity index (χ1n) is 6.69. The lowest BCUT2D eigenvalue weighted by molar-refractivity contribution is 0.0952. The van der Waals surface area contributed by atoms with Gasteiger partial charge in [-0.15, -0.1) is 0 Å². The molecule has 0 aromatic heterocycles. The van der Waals surface area contributed by atoms with E-state index in [4.69, 9.17) is 0 Å². The van der Waals surface area contributed by atoms with Gasteiger partial charge in [0.2, 0.25) is 0 Å². The molecule has 0 aliphatic rings. The van der Waals surface area contributed by atoms with Gasteiger partial charge >= 0.3 is 0 Å². The summed E-state index contributed by atoms with van der Waals surface area (Å²) in [6.07, 6.45) is 1.02. The number of amides is 1. The Bertz CT molecular complexity index is 385. The minimum atomic E-state index is 0.0242. The highest BCUT2D eigenvalue weighted by molar-refractivity contribution is 5.94. The number of rotatable bonds is 4. The Kier molecular flexibility index (Phi) is 4.94. The normalized spacial score (nSPS) is 11.7. The monoisotopic (exact) mass is 247 g/mol. The van der Waals surface area contributed by atoms with Crippen molar-refractivity contribution in [3.63, 3.8) is 0 Å². The molecule has 1 amide bonds. The second-order valence-electron chi connectivity index (χ2n) is 6.27. The minimum Gasteiger partial charge on any atom is -0.352 e. The van der Waals surface area contributed by atoms with Crippen LogP contribution in [0.1, 0.15) is 57.0 Å². The van der Waals surface area contributed by atoms with Gasteiger partial charge in [-0.2, -0.15) is 0 Å². The van der Waals surface area contributed by atoms with Crippen molar-refractivity contribution >= 4 is 5.91 Å². The van der Waals surface area contributed by atoms with Crippen molar-refractivity contribution < 1.29 is 4.79 Å². The van der Waals surface area contributed by atoms with Crippen LogP contribution in [0, 0.1) is 5.92 Å². The molecule has 0 saturated heterocycles. The van der Waals surface area contributed by atoms with Gasteiger partial charge in [-0.25, -0.2) is 0 Å². The fourth-order valence-electron chi connectivity index (χ4n) is 1.70. The highest BCUT2D eigenvalue weighted by atomic mass is 16.1. The summed E-state index contributed by atoms with van der Waals surface area (Å²) >= 11 is 0. The smallest absolute Gasteiger partial charge is 0.251 e. The van der Waals surface area contributed by atoms with E-state index in [0.29, 0.717) is 5.92 Å². The van der Waals surface area contributed by atoms with E-state index in [1.807, 2.05) is 24.3 Å². The Morgan fingerprint density at radius 2 is 1.72 bits per heavy atom. The second-order valence-corrected chi connectivity index (χ2v) is 6.27. The Hall–Kier alpha value is -1.31. The van der Waals surface area contributed by atoms with Gasteiger partial charge in [0.1, 0.15) is 0 Å². The zero-order valence-corrected chi connectivity index (χ0v) is 12.2. The molecule has 2 nitrogen and oxygen atoms in total. The number of nitrogens with one attached hydrogen (secondary N) is 1. The standard InChI is InChI=1S/C16H25NO/c1-12(2)10-11-17-15(18)13-6-8-14(9-7-13)16(3,4)5/h6-9,12H,10-11H2,1-5H3,(H,17,18). The van der Waals surface area contributed by atoms with Crippen molar-refractivity contribution in [1.82, 2.24) is 5.32 Å². The average Bonchev–Trinajstić information content (AvgIpc) is 2.27. The van der Waals surface area contributed by atoms with Crippen molar-refractivity contribution in [2.75, 3.05) is 6.54 Å². The van der Waals surface area contributed by atoms with Crippen LogP contribution in [-0.2, 0) is 5.41 Å². The van der Waals surface area contributed by atoms with E-state index < -0.39 is 0 Å². The number of hydrogen-bond donors (Lipinski definition) is 1. The summed E-state index contributed by atoms with van der Waals surface area (Å²) in [5.41, 5.74) is 2.13. The van der Waals surface area contributed by atoms with E-state index in [0.717, 1.165) is 18.5 Å². The Morgan fingerprint density at radius 1 is 1.17 bits per heavy atom. The topological polar surface area (TPSA) is 29.1 Å². The molecule has 18 heavy (non-hydrogen) atoms. The molecule has 1 aromatic carbocycles. The summed E-state index contributed by atoms with van der Waals surface area (Å²) in [7, 11) is 0. The van der Waals surface area contributed by atoms with Gasteiger partial charge in [-0.05, 0) is 35.4 Å². The first kappa shape index (κ1) is 14.7. The van der Waals surface area contributed by atoms with E-state index in [-0.39, 0.29) is 11.3 Å². The maximum atomic E-state index is 11.9. The lowest BCUT2D eigenvalue weighted by atomic mass is 9.87. The Labute approximate surface area is 111 Å². The number of benzene rings is 1. The molecule has 2 heteroatoms. The lowest BCUT2D eigenvalue weighted by Crippen LogP contribution is -2.25. The zero-order valence-electron chi connectivity index (χ0n) is 12.2. The van der Waals surface area contributed by atoms with Crippen LogP contribution in [0.25, 0.3) is 0 Å². The molecule has 0 radical (unpaired) electrons. The number of carbonyl (C=O) groups is 1. The quantitative estimate of drug-likeness (QED) is 0.862. The Morgan fingerprint density at radius 3 is 2.17 bits per heavy atom. The van der Waals surface area contributed by atoms with Crippen molar-refractivity contribution in [3.05, 3.63) is 35.4 Å². The van der Waals surface area contributed by atoms with Crippen molar-refractivity contribution in [1.29, 1.82) is 0 Å². The largest absolute Gasteiger partial charge is 0.352 e. The summed E-state index contributed by atoms with van der Waals surface area (Å²) in [5, 5.41) is 2.95. The van der Waals surface area contributed by atoms with E-state index >= 15 is 0 Å². The molecular formula is C16H25NO. The summed E-state index contributed by atoms with van der Waals surface area (Å²) in [6.45, 7) is 11.6. The molecule has 0 saturated carbocycles. The van der Waals surface area contributed by atoms with E-state index in [1.54, 1.807) is 0 Å². The predicted octanol–water partition coefficient (Wildman–Crippen LogP) is 3.76. The molecule has 1 rings (SSSR count). The second kappa shape index (κ2) is 6.03. The lowest BCUT2D eigenvalue weighted by Gasteiger charge is -2.19. The maximum Gasteiger partial charge on any atom is 0.251 e. The summed E-state index contributed by atoms with van der Waals surface area (Å²) in [5.74, 6) is 0.643. The third-order valence-corrected chi connectivity index (χ3v) is 3.02. The zero-order chi connectivity index (χ0) is 13.8. The maximum absolute atomic E-state index is 11.9. The van der Waals surface area contributed by atoms with Crippen molar-refractivity contribution in [3.8, 4) is 0 Å². The van der Waals surface area contributed by atoms with Gasteiger partial charge in [-0.1, -0.05) is 46.8 Å². The molecule has 100 valence electrons. The first-order valence-corrected chi connectivity index (χ1v) is 6.69. The fraction of sp³-hybridized carbons (Fsp3) is 0.562. The fourth-order valence-corrected chi connectivity index (χ4v) is 1.70. The van der Waals surface area contributed by atoms with Gasteiger partial charge in [0.15, 0.2) is 0 Å². The molecule has 0 heterocycles. The van der Waals surface area contributed by atoms with Gasteiger partial charge in [0, 0.05) is 12.1 Å². The van der Waals surface area contributed by atoms with Crippen LogP contribution in [0.15, 0.2) is 24.3 Å². The van der Waals surface area contributed by atoms with Crippen LogP contribution in [-0.4, -0.2) is 12.5 Å². The molecule has 0 atom stereocenters. The van der Waals surface area contributed by atoms with Gasteiger partial charge in [-0.3, -0.25) is 4.79 Å². The highest BCUT2D eigenvalue weighted by Gasteiger charge is 2.14. The van der Waals surface area contributed by atoms with Gasteiger partial charge in [0.25, 0.3) is 5.91 Å². The predicted molar refractivity (Wildman–Crippen MR) is 76.9 cm³/mol. The van der Waals surface area contributed by atoms with Crippen LogP contribution < -0.4 is 5.32 Å². The van der Waals surface area contributed by atoms with Crippen LogP contribution in [0.2, 0.25) is 0 Å². The van der Waals surface area contributed by atoms with E-state index in [1.165, 1.54) is 5.56 Å². The summed E-state index contributed by atoms with van der Waals surface area (Å²) < 4.78 is 0. The summed E-state index contributed by atoms with van der Waals surface area (Å²) in [4.78, 5) is 11.9. The first-order chi connectivity index (χ1) is 8.30. The molecule has 1 N–H and O–H groups in total. The number of hydrogen-bond acceptors (Lipinski definition) is 1. The van der Waals surface area contributed by atoms with Crippen LogP contribution in [0.4, 0.5) is 0 Å². The van der Waals surface area contributed by atoms with Crippen LogP contribution >= 0.6 is 0 Å². The molecule has 0 aliphatic heterocycles. The van der Waals surface area contributed by atoms with Gasteiger partial charge in [0.05, 0.1) is 0 Å². The average molecular weight is 247 g/mol. The molecule has 1 aromatic rings. The molecular weight excluding hydrogens is 222 g/mol. The third-order valence-electron chi connectivity index (χ3n) is 3.02. The molecule has 0 spiro atoms. The van der Waals surface area contributed by atoms with Crippen LogP contribution in [0.5, 0.6) is 0 Å². The van der Waals surface area contributed by atoms with Crippen LogP contribution in [0.3, 0.4) is 0 Å². The van der Waals surface area contributed by atoms with Crippen molar-refractivity contribution in [2.45, 2.75) is 46.5 Å². The Balaban J connectivity index is 2.60. The molecule has 0 unspecified atom stereocenters. The number of carbonyl (C=O) groups excluding carboxylic acids is 1. The molecule has 0 fully saturated rings. The SMILES string of the molecule is CC(C)CCNC(=O)c1ccc(C(C)(C)C)cc1. The summed E-state index contributed by atoms with van der Waals surface area (Å²) in [6, 6.07) is 7.89. The van der Waals surface area contributed by atoms with E-state index in [9.17, 15) is 4.79 Å².